The maximum Gasteiger partial charge on any atom is 0.340 e. The number of halogens is 3. The maximum absolute atomic E-state index is 13.2. The van der Waals surface area contributed by atoms with Gasteiger partial charge in [-0.05, 0) is 48.5 Å². The van der Waals surface area contributed by atoms with Gasteiger partial charge in [-0.25, -0.2) is 22.0 Å². The van der Waals surface area contributed by atoms with Crippen LogP contribution in [0.15, 0.2) is 71.6 Å². The van der Waals surface area contributed by atoms with Crippen LogP contribution in [-0.4, -0.2) is 26.9 Å². The fourth-order valence-electron chi connectivity index (χ4n) is 2.55. The SMILES string of the molecule is O=C(COC(=O)c1ccccc1NS(=O)(=O)c1ccc(Cl)cc1)Nc1ccc(F)c(F)c1. The number of rotatable bonds is 7. The molecule has 0 fully saturated rings. The van der Waals surface area contributed by atoms with Crippen LogP contribution in [-0.2, 0) is 19.6 Å². The molecular weight excluding hydrogens is 466 g/mol. The number of amides is 1. The average Bonchev–Trinajstić information content (AvgIpc) is 2.75. The Kier molecular flexibility index (Phi) is 7.06. The Hall–Kier alpha value is -3.50. The fraction of sp³-hybridized carbons (Fsp3) is 0.0476. The van der Waals surface area contributed by atoms with Crippen LogP contribution in [0.5, 0.6) is 0 Å². The summed E-state index contributed by atoms with van der Waals surface area (Å²) in [5.74, 6) is -4.00. The minimum Gasteiger partial charge on any atom is -0.452 e. The van der Waals surface area contributed by atoms with Crippen molar-refractivity contribution < 1.29 is 31.5 Å². The first kappa shape index (κ1) is 23.2. The Morgan fingerprint density at radius 3 is 2.31 bits per heavy atom. The van der Waals surface area contributed by atoms with Gasteiger partial charge in [-0.3, -0.25) is 9.52 Å². The highest BCUT2D eigenvalue weighted by Crippen LogP contribution is 2.22. The molecule has 11 heteroatoms. The number of hydrogen-bond acceptors (Lipinski definition) is 5. The molecule has 0 bridgehead atoms. The molecule has 0 aliphatic heterocycles. The highest BCUT2D eigenvalue weighted by molar-refractivity contribution is 7.92. The second-order valence-electron chi connectivity index (χ2n) is 6.36. The van der Waals surface area contributed by atoms with Crippen molar-refractivity contribution in [2.24, 2.45) is 0 Å². The number of esters is 1. The van der Waals surface area contributed by atoms with Crippen LogP contribution in [0, 0.1) is 11.6 Å². The first-order chi connectivity index (χ1) is 15.2. The van der Waals surface area contributed by atoms with Crippen LogP contribution >= 0.6 is 11.6 Å². The molecule has 0 spiro atoms. The van der Waals surface area contributed by atoms with Gasteiger partial charge in [0.1, 0.15) is 0 Å². The van der Waals surface area contributed by atoms with Crippen LogP contribution in [0.25, 0.3) is 0 Å². The lowest BCUT2D eigenvalue weighted by molar-refractivity contribution is -0.119. The van der Waals surface area contributed by atoms with Gasteiger partial charge in [0.25, 0.3) is 15.9 Å². The Bertz CT molecular complexity index is 1270. The Morgan fingerprint density at radius 2 is 1.62 bits per heavy atom. The van der Waals surface area contributed by atoms with Crippen molar-refractivity contribution in [2.75, 3.05) is 16.6 Å². The predicted octanol–water partition coefficient (Wildman–Crippen LogP) is 4.21. The summed E-state index contributed by atoms with van der Waals surface area (Å²) in [5, 5.41) is 2.61. The molecule has 2 N–H and O–H groups in total. The van der Waals surface area contributed by atoms with Crippen molar-refractivity contribution in [1.82, 2.24) is 0 Å². The van der Waals surface area contributed by atoms with E-state index >= 15 is 0 Å². The molecule has 3 rings (SSSR count). The Labute approximate surface area is 187 Å². The molecule has 0 aliphatic carbocycles. The van der Waals surface area contributed by atoms with Crippen molar-refractivity contribution in [3.63, 3.8) is 0 Å². The van der Waals surface area contributed by atoms with Crippen LogP contribution in [0.2, 0.25) is 5.02 Å². The third-order valence-corrected chi connectivity index (χ3v) is 5.69. The normalized spacial score (nSPS) is 11.0. The number of benzene rings is 3. The molecule has 0 saturated carbocycles. The lowest BCUT2D eigenvalue weighted by Crippen LogP contribution is -2.22. The zero-order valence-corrected chi connectivity index (χ0v) is 17.7. The second-order valence-corrected chi connectivity index (χ2v) is 8.48. The van der Waals surface area contributed by atoms with Gasteiger partial charge in [0.2, 0.25) is 0 Å². The van der Waals surface area contributed by atoms with Gasteiger partial charge in [0, 0.05) is 16.8 Å². The zero-order valence-electron chi connectivity index (χ0n) is 16.1. The number of carbonyl (C=O) groups excluding carboxylic acids is 2. The largest absolute Gasteiger partial charge is 0.452 e. The topological polar surface area (TPSA) is 102 Å². The van der Waals surface area contributed by atoms with Gasteiger partial charge < -0.3 is 10.1 Å². The molecular formula is C21H15ClF2N2O5S. The number of hydrogen-bond donors (Lipinski definition) is 2. The van der Waals surface area contributed by atoms with Crippen molar-refractivity contribution in [1.29, 1.82) is 0 Å². The third kappa shape index (κ3) is 5.80. The maximum atomic E-state index is 13.2. The molecule has 3 aromatic rings. The fourth-order valence-corrected chi connectivity index (χ4v) is 3.75. The molecule has 0 aliphatic rings. The van der Waals surface area contributed by atoms with Crippen molar-refractivity contribution in [3.05, 3.63) is 89.0 Å². The Balaban J connectivity index is 1.68. The van der Waals surface area contributed by atoms with E-state index in [0.717, 1.165) is 18.2 Å². The molecule has 32 heavy (non-hydrogen) atoms. The minimum absolute atomic E-state index is 0.0268. The summed E-state index contributed by atoms with van der Waals surface area (Å²) in [7, 11) is -4.03. The Morgan fingerprint density at radius 1 is 0.938 bits per heavy atom. The quantitative estimate of drug-likeness (QED) is 0.493. The van der Waals surface area contributed by atoms with E-state index in [1.54, 1.807) is 0 Å². The predicted molar refractivity (Wildman–Crippen MR) is 114 cm³/mol. The lowest BCUT2D eigenvalue weighted by atomic mass is 10.2. The van der Waals surface area contributed by atoms with E-state index < -0.39 is 40.1 Å². The molecule has 166 valence electrons. The van der Waals surface area contributed by atoms with E-state index in [1.807, 2.05) is 0 Å². The summed E-state index contributed by atoms with van der Waals surface area (Å²) in [6.45, 7) is -0.740. The number of ether oxygens (including phenoxy) is 1. The average molecular weight is 481 g/mol. The van der Waals surface area contributed by atoms with E-state index in [1.165, 1.54) is 48.5 Å². The molecule has 7 nitrogen and oxygen atoms in total. The van der Waals surface area contributed by atoms with Crippen molar-refractivity contribution in [3.8, 4) is 0 Å². The van der Waals surface area contributed by atoms with Gasteiger partial charge in [0.05, 0.1) is 16.1 Å². The monoisotopic (exact) mass is 480 g/mol. The summed E-state index contributed by atoms with van der Waals surface area (Å²) >= 11 is 5.77. The number of nitrogens with one attached hydrogen (secondary N) is 2. The van der Waals surface area contributed by atoms with Gasteiger partial charge in [-0.2, -0.15) is 0 Å². The van der Waals surface area contributed by atoms with E-state index in [4.69, 9.17) is 16.3 Å². The standard InChI is InChI=1S/C21H15ClF2N2O5S/c22-13-5-8-15(9-6-13)32(29,30)26-19-4-2-1-3-16(19)21(28)31-12-20(27)25-14-7-10-17(23)18(24)11-14/h1-11,26H,12H2,(H,25,27). The first-order valence-corrected chi connectivity index (χ1v) is 10.8. The molecule has 0 unspecified atom stereocenters. The highest BCUT2D eigenvalue weighted by atomic mass is 35.5. The highest BCUT2D eigenvalue weighted by Gasteiger charge is 2.20. The van der Waals surface area contributed by atoms with Crippen LogP contribution in [0.4, 0.5) is 20.2 Å². The van der Waals surface area contributed by atoms with Crippen LogP contribution < -0.4 is 10.0 Å². The third-order valence-electron chi connectivity index (χ3n) is 4.05. The van der Waals surface area contributed by atoms with Crippen molar-refractivity contribution in [2.45, 2.75) is 4.90 Å². The summed E-state index contributed by atoms with van der Waals surface area (Å²) in [6, 6.07) is 13.8. The number of carbonyl (C=O) groups is 2. The van der Waals surface area contributed by atoms with E-state index in [0.29, 0.717) is 5.02 Å². The van der Waals surface area contributed by atoms with E-state index in [2.05, 4.69) is 10.0 Å². The summed E-state index contributed by atoms with van der Waals surface area (Å²) in [6.07, 6.45) is 0. The van der Waals surface area contributed by atoms with E-state index in [-0.39, 0.29) is 21.8 Å². The first-order valence-electron chi connectivity index (χ1n) is 8.95. The second kappa shape index (κ2) is 9.75. The van der Waals surface area contributed by atoms with E-state index in [9.17, 15) is 26.8 Å². The summed E-state index contributed by atoms with van der Waals surface area (Å²) in [4.78, 5) is 24.3. The number of anilines is 2. The molecule has 0 atom stereocenters. The van der Waals surface area contributed by atoms with Gasteiger partial charge >= 0.3 is 5.97 Å². The molecule has 3 aromatic carbocycles. The van der Waals surface area contributed by atoms with Gasteiger partial charge in [-0.15, -0.1) is 0 Å². The smallest absolute Gasteiger partial charge is 0.340 e. The van der Waals surface area contributed by atoms with Gasteiger partial charge in [0.15, 0.2) is 18.2 Å². The molecule has 0 heterocycles. The molecule has 0 aromatic heterocycles. The molecule has 0 saturated heterocycles. The van der Waals surface area contributed by atoms with Gasteiger partial charge in [-0.1, -0.05) is 23.7 Å². The zero-order chi connectivity index (χ0) is 23.3. The summed E-state index contributed by atoms with van der Waals surface area (Å²) in [5.41, 5.74) is -0.222. The lowest BCUT2D eigenvalue weighted by Gasteiger charge is -2.12. The van der Waals surface area contributed by atoms with Crippen LogP contribution in [0.1, 0.15) is 10.4 Å². The minimum atomic E-state index is -4.03. The number of sulfonamides is 1. The molecule has 0 radical (unpaired) electrons. The molecule has 1 amide bonds. The summed E-state index contributed by atoms with van der Waals surface area (Å²) < 4.78 is 58.5. The van der Waals surface area contributed by atoms with Crippen molar-refractivity contribution >= 4 is 44.9 Å². The number of para-hydroxylation sites is 1. The van der Waals surface area contributed by atoms with Crippen LogP contribution in [0.3, 0.4) is 0 Å².